The van der Waals surface area contributed by atoms with Crippen molar-refractivity contribution in [2.45, 2.75) is 52.2 Å². The van der Waals surface area contributed by atoms with E-state index in [9.17, 15) is 4.79 Å². The van der Waals surface area contributed by atoms with Gasteiger partial charge in [-0.05, 0) is 13.3 Å². The molecule has 0 radical (unpaired) electrons. The van der Waals surface area contributed by atoms with Crippen LogP contribution in [-0.2, 0) is 17.9 Å². The van der Waals surface area contributed by atoms with Crippen molar-refractivity contribution in [2.75, 3.05) is 20.1 Å². The number of amides is 1. The Hall–Kier alpha value is -1.62. The summed E-state index contributed by atoms with van der Waals surface area (Å²) < 4.78 is 1.91. The summed E-state index contributed by atoms with van der Waals surface area (Å²) >= 11 is 0. The lowest BCUT2D eigenvalue weighted by atomic mass is 10.0. The number of carbonyl (C=O) groups excluding carboxylic acids is 1. The van der Waals surface area contributed by atoms with Crippen molar-refractivity contribution in [3.05, 3.63) is 30.1 Å². The van der Waals surface area contributed by atoms with Gasteiger partial charge in [-0.3, -0.25) is 14.4 Å². The van der Waals surface area contributed by atoms with E-state index in [1.54, 1.807) is 0 Å². The molecule has 2 rings (SSSR count). The molecule has 1 aliphatic heterocycles. The van der Waals surface area contributed by atoms with Gasteiger partial charge in [0, 0.05) is 38.4 Å². The molecular formula is C17H28N4O. The van der Waals surface area contributed by atoms with Crippen molar-refractivity contribution in [1.29, 1.82) is 0 Å². The maximum absolute atomic E-state index is 12.5. The van der Waals surface area contributed by atoms with Crippen LogP contribution in [0.15, 0.2) is 18.9 Å². The summed E-state index contributed by atoms with van der Waals surface area (Å²) in [6, 6.07) is 0.0147. The predicted octanol–water partition coefficient (Wildman–Crippen LogP) is 2.21. The molecule has 0 unspecified atom stereocenters. The van der Waals surface area contributed by atoms with Crippen molar-refractivity contribution in [1.82, 2.24) is 19.6 Å². The first-order valence-corrected chi connectivity index (χ1v) is 8.19. The van der Waals surface area contributed by atoms with Crippen LogP contribution < -0.4 is 0 Å². The van der Waals surface area contributed by atoms with E-state index in [1.165, 1.54) is 5.56 Å². The summed E-state index contributed by atoms with van der Waals surface area (Å²) in [5, 5.41) is 4.51. The molecule has 2 heterocycles. The zero-order chi connectivity index (χ0) is 16.1. The van der Waals surface area contributed by atoms with Gasteiger partial charge >= 0.3 is 0 Å². The number of aryl methyl sites for hydroxylation is 1. The number of likely N-dealkylation sites (N-methyl/N-ethyl adjacent to an activating group) is 1. The lowest BCUT2D eigenvalue weighted by molar-refractivity contribution is -0.140. The molecule has 1 amide bonds. The molecule has 1 aromatic rings. The monoisotopic (exact) mass is 304 g/mol. The maximum atomic E-state index is 12.5. The minimum Gasteiger partial charge on any atom is -0.343 e. The zero-order valence-corrected chi connectivity index (χ0v) is 14.1. The smallest absolute Gasteiger partial charge is 0.239 e. The molecule has 5 heteroatoms. The summed E-state index contributed by atoms with van der Waals surface area (Å²) in [5.41, 5.74) is 2.25. The Morgan fingerprint density at radius 3 is 2.91 bits per heavy atom. The van der Waals surface area contributed by atoms with Gasteiger partial charge in [-0.1, -0.05) is 25.8 Å². The molecule has 0 aliphatic carbocycles. The van der Waals surface area contributed by atoms with Crippen LogP contribution in [0.3, 0.4) is 0 Å². The first-order valence-electron chi connectivity index (χ1n) is 8.19. The summed E-state index contributed by atoms with van der Waals surface area (Å²) in [5.74, 6) is 0.260. The molecule has 0 aromatic carbocycles. The molecule has 5 nitrogen and oxygen atoms in total. The second-order valence-corrected chi connectivity index (χ2v) is 6.14. The van der Waals surface area contributed by atoms with Gasteiger partial charge in [-0.2, -0.15) is 5.10 Å². The number of nitrogens with zero attached hydrogens (tertiary/aromatic N) is 4. The van der Waals surface area contributed by atoms with Crippen LogP contribution in [0.2, 0.25) is 0 Å². The normalized spacial score (nSPS) is 19.7. The highest BCUT2D eigenvalue weighted by Gasteiger charge is 2.32. The molecule has 122 valence electrons. The zero-order valence-electron chi connectivity index (χ0n) is 14.1. The second-order valence-electron chi connectivity index (χ2n) is 6.14. The first-order chi connectivity index (χ1) is 10.6. The molecule has 1 fully saturated rings. The predicted molar refractivity (Wildman–Crippen MR) is 88.5 cm³/mol. The molecule has 0 spiro atoms. The van der Waals surface area contributed by atoms with E-state index in [0.29, 0.717) is 0 Å². The highest BCUT2D eigenvalue weighted by Crippen LogP contribution is 2.20. The minimum atomic E-state index is 0.0147. The third kappa shape index (κ3) is 3.77. The van der Waals surface area contributed by atoms with Crippen LogP contribution in [0.5, 0.6) is 0 Å². The molecule has 1 aromatic heterocycles. The summed E-state index contributed by atoms with van der Waals surface area (Å²) in [7, 11) is 1.91. The third-order valence-corrected chi connectivity index (χ3v) is 4.39. The quantitative estimate of drug-likeness (QED) is 0.725. The highest BCUT2D eigenvalue weighted by atomic mass is 16.2. The van der Waals surface area contributed by atoms with Crippen molar-refractivity contribution >= 4 is 5.91 Å². The number of piperazine rings is 1. The van der Waals surface area contributed by atoms with Crippen molar-refractivity contribution < 1.29 is 4.79 Å². The van der Waals surface area contributed by atoms with E-state index in [0.717, 1.165) is 51.1 Å². The number of hydrogen-bond donors (Lipinski definition) is 0. The number of hydrogen-bond acceptors (Lipinski definition) is 3. The summed E-state index contributed by atoms with van der Waals surface area (Å²) in [6.07, 6.45) is 7.09. The minimum absolute atomic E-state index is 0.0147. The Bertz CT molecular complexity index is 523. The Balaban J connectivity index is 2.11. The van der Waals surface area contributed by atoms with Crippen LogP contribution in [0.4, 0.5) is 0 Å². The largest absolute Gasteiger partial charge is 0.343 e. The molecule has 1 saturated heterocycles. The standard InChI is InChI=1S/C17H28N4O/c1-5-7-8-16-17(22)19(4)10-11-20(16)12-15-13-21(9-6-2)18-14(15)3/h6,13,16H,2,5,7-12H2,1,3-4H3/t16-/m0/s1. The third-order valence-electron chi connectivity index (χ3n) is 4.39. The van der Waals surface area contributed by atoms with E-state index in [2.05, 4.69) is 29.7 Å². The molecule has 1 aliphatic rings. The van der Waals surface area contributed by atoms with Crippen molar-refractivity contribution in [3.63, 3.8) is 0 Å². The fourth-order valence-corrected chi connectivity index (χ4v) is 3.01. The van der Waals surface area contributed by atoms with Gasteiger partial charge in [0.05, 0.1) is 18.3 Å². The van der Waals surface area contributed by atoms with E-state index in [1.807, 2.05) is 29.6 Å². The lowest BCUT2D eigenvalue weighted by Crippen LogP contribution is -2.55. The number of unbranched alkanes of at least 4 members (excludes halogenated alkanes) is 1. The van der Waals surface area contributed by atoms with Crippen LogP contribution in [0.1, 0.15) is 37.4 Å². The number of carbonyl (C=O) groups is 1. The SMILES string of the molecule is C=CCn1cc(CN2CCN(C)C(=O)[C@@H]2CCCC)c(C)n1. The Kier molecular flexibility index (Phi) is 5.77. The van der Waals surface area contributed by atoms with E-state index in [4.69, 9.17) is 0 Å². The Morgan fingerprint density at radius 1 is 1.45 bits per heavy atom. The van der Waals surface area contributed by atoms with Gasteiger partial charge in [0.15, 0.2) is 0 Å². The van der Waals surface area contributed by atoms with Crippen molar-refractivity contribution in [2.24, 2.45) is 0 Å². The average Bonchev–Trinajstić information content (AvgIpc) is 2.83. The van der Waals surface area contributed by atoms with Gasteiger partial charge in [0.25, 0.3) is 0 Å². The van der Waals surface area contributed by atoms with Crippen molar-refractivity contribution in [3.8, 4) is 0 Å². The highest BCUT2D eigenvalue weighted by molar-refractivity contribution is 5.82. The second kappa shape index (κ2) is 7.58. The fourth-order valence-electron chi connectivity index (χ4n) is 3.01. The van der Waals surface area contributed by atoms with Gasteiger partial charge in [0.1, 0.15) is 0 Å². The van der Waals surface area contributed by atoms with Crippen LogP contribution in [0, 0.1) is 6.92 Å². The molecule has 0 bridgehead atoms. The number of rotatable bonds is 7. The maximum Gasteiger partial charge on any atom is 0.239 e. The van der Waals surface area contributed by atoms with Crippen LogP contribution >= 0.6 is 0 Å². The topological polar surface area (TPSA) is 41.4 Å². The molecule has 22 heavy (non-hydrogen) atoms. The van der Waals surface area contributed by atoms with Gasteiger partial charge in [-0.25, -0.2) is 0 Å². The van der Waals surface area contributed by atoms with Crippen LogP contribution in [0.25, 0.3) is 0 Å². The lowest BCUT2D eigenvalue weighted by Gasteiger charge is -2.39. The van der Waals surface area contributed by atoms with Gasteiger partial charge in [-0.15, -0.1) is 6.58 Å². The summed E-state index contributed by atoms with van der Waals surface area (Å²) in [4.78, 5) is 16.7. The molecular weight excluding hydrogens is 276 g/mol. The number of aromatic nitrogens is 2. The summed E-state index contributed by atoms with van der Waals surface area (Å²) in [6.45, 7) is 11.2. The van der Waals surface area contributed by atoms with Crippen LogP contribution in [-0.4, -0.2) is 51.7 Å². The first kappa shape index (κ1) is 16.7. The van der Waals surface area contributed by atoms with Gasteiger partial charge in [0.2, 0.25) is 5.91 Å². The molecule has 0 N–H and O–H groups in total. The average molecular weight is 304 g/mol. The molecule has 1 atom stereocenters. The van der Waals surface area contributed by atoms with E-state index < -0.39 is 0 Å². The Morgan fingerprint density at radius 2 is 2.23 bits per heavy atom. The van der Waals surface area contributed by atoms with E-state index >= 15 is 0 Å². The number of allylic oxidation sites excluding steroid dienone is 1. The van der Waals surface area contributed by atoms with E-state index in [-0.39, 0.29) is 11.9 Å². The Labute approximate surface area is 133 Å². The molecule has 0 saturated carbocycles. The van der Waals surface area contributed by atoms with Gasteiger partial charge < -0.3 is 4.90 Å². The fraction of sp³-hybridized carbons (Fsp3) is 0.647.